The van der Waals surface area contributed by atoms with Crippen molar-refractivity contribution >= 4 is 11.7 Å². The number of urea groups is 1. The van der Waals surface area contributed by atoms with Gasteiger partial charge in [-0.1, -0.05) is 30.3 Å². The molecule has 2 heterocycles. The zero-order chi connectivity index (χ0) is 18.6. The fourth-order valence-electron chi connectivity index (χ4n) is 3.58. The molecule has 6 nitrogen and oxygen atoms in total. The van der Waals surface area contributed by atoms with Gasteiger partial charge in [-0.05, 0) is 24.6 Å². The van der Waals surface area contributed by atoms with Crippen molar-refractivity contribution in [2.75, 3.05) is 44.7 Å². The van der Waals surface area contributed by atoms with Crippen molar-refractivity contribution in [2.45, 2.75) is 13.0 Å². The predicted octanol–water partition coefficient (Wildman–Crippen LogP) is 3.37. The van der Waals surface area contributed by atoms with Crippen LogP contribution in [0.1, 0.15) is 18.5 Å². The first-order valence-electron chi connectivity index (χ1n) is 9.45. The largest absolute Gasteiger partial charge is 0.486 e. The van der Waals surface area contributed by atoms with E-state index in [-0.39, 0.29) is 6.03 Å². The van der Waals surface area contributed by atoms with E-state index in [9.17, 15) is 4.79 Å². The normalized spacial score (nSPS) is 18.0. The Morgan fingerprint density at radius 1 is 0.963 bits per heavy atom. The third-order valence-corrected chi connectivity index (χ3v) is 5.22. The number of carbonyl (C=O) groups excluding carboxylic acids is 1. The molecule has 1 atom stereocenters. The highest BCUT2D eigenvalue weighted by Gasteiger charge is 2.25. The minimum absolute atomic E-state index is 0.0707. The topological polar surface area (TPSA) is 54.0 Å². The van der Waals surface area contributed by atoms with Crippen molar-refractivity contribution in [3.8, 4) is 11.5 Å². The highest BCUT2D eigenvalue weighted by Crippen LogP contribution is 2.32. The highest BCUT2D eigenvalue weighted by atomic mass is 16.6. The van der Waals surface area contributed by atoms with E-state index in [2.05, 4.69) is 41.4 Å². The monoisotopic (exact) mass is 367 g/mol. The van der Waals surface area contributed by atoms with Gasteiger partial charge in [0, 0.05) is 44.0 Å². The van der Waals surface area contributed by atoms with Crippen molar-refractivity contribution in [1.82, 2.24) is 9.80 Å². The molecule has 2 aliphatic heterocycles. The molecule has 0 radical (unpaired) electrons. The highest BCUT2D eigenvalue weighted by molar-refractivity contribution is 5.89. The SMILES string of the molecule is CC(c1ccccc1)N1CCN(C(=O)Nc2ccc3c(c2)OCCO3)CC1. The second kappa shape index (κ2) is 7.88. The van der Waals surface area contributed by atoms with Gasteiger partial charge in [0.25, 0.3) is 0 Å². The number of nitrogens with zero attached hydrogens (tertiary/aromatic N) is 2. The number of ether oxygens (including phenoxy) is 2. The number of rotatable bonds is 3. The van der Waals surface area contributed by atoms with Gasteiger partial charge >= 0.3 is 6.03 Å². The minimum atomic E-state index is -0.0707. The summed E-state index contributed by atoms with van der Waals surface area (Å²) in [5.74, 6) is 1.41. The van der Waals surface area contributed by atoms with Crippen molar-refractivity contribution in [2.24, 2.45) is 0 Å². The molecule has 0 spiro atoms. The Morgan fingerprint density at radius 2 is 1.67 bits per heavy atom. The van der Waals surface area contributed by atoms with E-state index in [1.807, 2.05) is 29.2 Å². The van der Waals surface area contributed by atoms with Crippen LogP contribution in [0.3, 0.4) is 0 Å². The number of hydrogen-bond acceptors (Lipinski definition) is 4. The summed E-state index contributed by atoms with van der Waals surface area (Å²) in [5, 5.41) is 2.97. The molecular formula is C21H25N3O3. The Bertz CT molecular complexity index is 789. The summed E-state index contributed by atoms with van der Waals surface area (Å²) in [6.45, 7) is 6.48. The molecular weight excluding hydrogens is 342 g/mol. The molecule has 27 heavy (non-hydrogen) atoms. The van der Waals surface area contributed by atoms with Crippen LogP contribution >= 0.6 is 0 Å². The summed E-state index contributed by atoms with van der Waals surface area (Å²) < 4.78 is 11.1. The number of fused-ring (bicyclic) bond motifs is 1. The van der Waals surface area contributed by atoms with Crippen molar-refractivity contribution < 1.29 is 14.3 Å². The van der Waals surface area contributed by atoms with Gasteiger partial charge in [0.05, 0.1) is 0 Å². The first-order chi connectivity index (χ1) is 13.2. The van der Waals surface area contributed by atoms with Crippen LogP contribution < -0.4 is 14.8 Å². The summed E-state index contributed by atoms with van der Waals surface area (Å²) in [6, 6.07) is 16.3. The van der Waals surface area contributed by atoms with Crippen LogP contribution in [0.4, 0.5) is 10.5 Å². The molecule has 4 rings (SSSR count). The second-order valence-corrected chi connectivity index (χ2v) is 6.90. The van der Waals surface area contributed by atoms with Gasteiger partial charge in [-0.2, -0.15) is 0 Å². The second-order valence-electron chi connectivity index (χ2n) is 6.90. The average molecular weight is 367 g/mol. The maximum atomic E-state index is 12.6. The number of amides is 2. The molecule has 142 valence electrons. The van der Waals surface area contributed by atoms with Gasteiger partial charge in [0.15, 0.2) is 11.5 Å². The van der Waals surface area contributed by atoms with Gasteiger partial charge in [-0.25, -0.2) is 4.79 Å². The minimum Gasteiger partial charge on any atom is -0.486 e. The molecule has 1 N–H and O–H groups in total. The Balaban J connectivity index is 1.32. The molecule has 0 aromatic heterocycles. The lowest BCUT2D eigenvalue weighted by Gasteiger charge is -2.38. The molecule has 2 aromatic carbocycles. The zero-order valence-electron chi connectivity index (χ0n) is 15.6. The Kier molecular flexibility index (Phi) is 5.16. The van der Waals surface area contributed by atoms with Crippen LogP contribution in [-0.2, 0) is 0 Å². The Hall–Kier alpha value is -2.73. The van der Waals surface area contributed by atoms with Crippen molar-refractivity contribution in [3.63, 3.8) is 0 Å². The molecule has 1 saturated heterocycles. The lowest BCUT2D eigenvalue weighted by Crippen LogP contribution is -2.50. The average Bonchev–Trinajstić information content (AvgIpc) is 2.74. The van der Waals surface area contributed by atoms with Gasteiger partial charge in [0.2, 0.25) is 0 Å². The Labute approximate surface area is 159 Å². The molecule has 6 heteroatoms. The van der Waals surface area contributed by atoms with E-state index < -0.39 is 0 Å². The number of piperazine rings is 1. The first-order valence-corrected chi connectivity index (χ1v) is 9.45. The van der Waals surface area contributed by atoms with E-state index in [0.717, 1.165) is 24.5 Å². The fourth-order valence-corrected chi connectivity index (χ4v) is 3.58. The summed E-state index contributed by atoms with van der Waals surface area (Å²) in [6.07, 6.45) is 0. The van der Waals surface area contributed by atoms with Crippen molar-refractivity contribution in [3.05, 3.63) is 54.1 Å². The first kappa shape index (κ1) is 17.7. The van der Waals surface area contributed by atoms with E-state index >= 15 is 0 Å². The fraction of sp³-hybridized carbons (Fsp3) is 0.381. The third-order valence-electron chi connectivity index (χ3n) is 5.22. The van der Waals surface area contributed by atoms with E-state index in [4.69, 9.17) is 9.47 Å². The number of hydrogen-bond donors (Lipinski definition) is 1. The zero-order valence-corrected chi connectivity index (χ0v) is 15.6. The predicted molar refractivity (Wildman–Crippen MR) is 104 cm³/mol. The molecule has 1 fully saturated rings. The number of carbonyl (C=O) groups is 1. The van der Waals surface area contributed by atoms with E-state index in [1.165, 1.54) is 5.56 Å². The maximum absolute atomic E-state index is 12.6. The maximum Gasteiger partial charge on any atom is 0.321 e. The third kappa shape index (κ3) is 4.01. The molecule has 2 aromatic rings. The van der Waals surface area contributed by atoms with Gasteiger partial charge in [0.1, 0.15) is 13.2 Å². The summed E-state index contributed by atoms with van der Waals surface area (Å²) in [4.78, 5) is 16.9. The van der Waals surface area contributed by atoms with Crippen LogP contribution in [0.25, 0.3) is 0 Å². The van der Waals surface area contributed by atoms with Crippen LogP contribution in [0.5, 0.6) is 11.5 Å². The molecule has 2 aliphatic rings. The lowest BCUT2D eigenvalue weighted by atomic mass is 10.1. The quantitative estimate of drug-likeness (QED) is 0.904. The van der Waals surface area contributed by atoms with Gasteiger partial charge in [-0.3, -0.25) is 4.90 Å². The summed E-state index contributed by atoms with van der Waals surface area (Å²) >= 11 is 0. The van der Waals surface area contributed by atoms with Crippen molar-refractivity contribution in [1.29, 1.82) is 0 Å². The van der Waals surface area contributed by atoms with Gasteiger partial charge < -0.3 is 19.7 Å². The summed E-state index contributed by atoms with van der Waals surface area (Å²) in [7, 11) is 0. The summed E-state index contributed by atoms with van der Waals surface area (Å²) in [5.41, 5.74) is 2.04. The van der Waals surface area contributed by atoms with Crippen LogP contribution in [0, 0.1) is 0 Å². The van der Waals surface area contributed by atoms with Crippen LogP contribution in [0.15, 0.2) is 48.5 Å². The van der Waals surface area contributed by atoms with E-state index in [0.29, 0.717) is 38.1 Å². The standard InChI is InChI=1S/C21H25N3O3/c1-16(17-5-3-2-4-6-17)23-9-11-24(12-10-23)21(25)22-18-7-8-19-20(15-18)27-14-13-26-19/h2-8,15-16H,9-14H2,1H3,(H,22,25). The lowest BCUT2D eigenvalue weighted by molar-refractivity contribution is 0.119. The smallest absolute Gasteiger partial charge is 0.321 e. The van der Waals surface area contributed by atoms with Crippen LogP contribution in [0.2, 0.25) is 0 Å². The molecule has 0 saturated carbocycles. The van der Waals surface area contributed by atoms with E-state index in [1.54, 1.807) is 0 Å². The number of benzene rings is 2. The number of anilines is 1. The molecule has 1 unspecified atom stereocenters. The molecule has 0 aliphatic carbocycles. The number of nitrogens with one attached hydrogen (secondary N) is 1. The van der Waals surface area contributed by atoms with Crippen LogP contribution in [-0.4, -0.2) is 55.2 Å². The molecule has 2 amide bonds. The Morgan fingerprint density at radius 3 is 2.41 bits per heavy atom. The van der Waals surface area contributed by atoms with Gasteiger partial charge in [-0.15, -0.1) is 0 Å². The molecule has 0 bridgehead atoms.